The van der Waals surface area contributed by atoms with Gasteiger partial charge in [0.05, 0.1) is 6.10 Å². The highest BCUT2D eigenvalue weighted by molar-refractivity contribution is 4.77. The molecular weight excluding hydrogens is 112 g/mol. The van der Waals surface area contributed by atoms with Crippen LogP contribution in [0.25, 0.3) is 0 Å². The monoisotopic (exact) mass is 128 g/mol. The molecular formula is C8H16O. The van der Waals surface area contributed by atoms with Crippen molar-refractivity contribution in [1.82, 2.24) is 0 Å². The van der Waals surface area contributed by atoms with Crippen LogP contribution in [0.4, 0.5) is 0 Å². The molecule has 1 aliphatic carbocycles. The molecule has 0 amide bonds. The van der Waals surface area contributed by atoms with Gasteiger partial charge in [0.1, 0.15) is 0 Å². The van der Waals surface area contributed by atoms with Crippen LogP contribution in [0.15, 0.2) is 0 Å². The lowest BCUT2D eigenvalue weighted by Crippen LogP contribution is -2.14. The van der Waals surface area contributed by atoms with Gasteiger partial charge < -0.3 is 5.11 Å². The summed E-state index contributed by atoms with van der Waals surface area (Å²) in [7, 11) is 0. The second-order valence-electron chi connectivity index (χ2n) is 3.49. The highest BCUT2D eigenvalue weighted by Crippen LogP contribution is 2.34. The molecule has 0 aliphatic heterocycles. The van der Waals surface area contributed by atoms with E-state index in [1.807, 2.05) is 0 Å². The Morgan fingerprint density at radius 3 is 2.33 bits per heavy atom. The SMILES string of the molecule is CC(C)C(O)CC1CC1. The van der Waals surface area contributed by atoms with Gasteiger partial charge in [-0.15, -0.1) is 0 Å². The summed E-state index contributed by atoms with van der Waals surface area (Å²) in [5.41, 5.74) is 0. The quantitative estimate of drug-likeness (QED) is 0.614. The number of hydrogen-bond donors (Lipinski definition) is 1. The molecule has 0 radical (unpaired) electrons. The van der Waals surface area contributed by atoms with Crippen molar-refractivity contribution in [3.63, 3.8) is 0 Å². The first-order valence-electron chi connectivity index (χ1n) is 3.88. The Kier molecular flexibility index (Phi) is 2.12. The molecule has 0 heterocycles. The first-order valence-corrected chi connectivity index (χ1v) is 3.88. The van der Waals surface area contributed by atoms with E-state index in [4.69, 9.17) is 0 Å². The lowest BCUT2D eigenvalue weighted by atomic mass is 10.0. The molecule has 0 aromatic carbocycles. The van der Waals surface area contributed by atoms with E-state index in [2.05, 4.69) is 13.8 Å². The molecule has 1 nitrogen and oxygen atoms in total. The van der Waals surface area contributed by atoms with E-state index < -0.39 is 0 Å². The lowest BCUT2D eigenvalue weighted by Gasteiger charge is -2.12. The highest BCUT2D eigenvalue weighted by Gasteiger charge is 2.25. The molecule has 0 saturated heterocycles. The van der Waals surface area contributed by atoms with Gasteiger partial charge in [0.15, 0.2) is 0 Å². The van der Waals surface area contributed by atoms with Crippen LogP contribution in [-0.2, 0) is 0 Å². The average Bonchev–Trinajstić information content (AvgIpc) is 2.50. The topological polar surface area (TPSA) is 20.2 Å². The van der Waals surface area contributed by atoms with Crippen LogP contribution >= 0.6 is 0 Å². The molecule has 1 atom stereocenters. The normalized spacial score (nSPS) is 22.7. The Morgan fingerprint density at radius 1 is 1.44 bits per heavy atom. The molecule has 1 heteroatoms. The van der Waals surface area contributed by atoms with E-state index in [0.717, 1.165) is 12.3 Å². The van der Waals surface area contributed by atoms with E-state index in [9.17, 15) is 5.11 Å². The molecule has 1 N–H and O–H groups in total. The van der Waals surface area contributed by atoms with Crippen LogP contribution in [0.5, 0.6) is 0 Å². The standard InChI is InChI=1S/C8H16O/c1-6(2)8(9)5-7-3-4-7/h6-9H,3-5H2,1-2H3. The predicted octanol–water partition coefficient (Wildman–Crippen LogP) is 1.80. The van der Waals surface area contributed by atoms with Gasteiger partial charge in [-0.25, -0.2) is 0 Å². The summed E-state index contributed by atoms with van der Waals surface area (Å²) in [4.78, 5) is 0. The summed E-state index contributed by atoms with van der Waals surface area (Å²) in [6.07, 6.45) is 3.70. The second-order valence-corrected chi connectivity index (χ2v) is 3.49. The van der Waals surface area contributed by atoms with Crippen LogP contribution in [-0.4, -0.2) is 11.2 Å². The third kappa shape index (κ3) is 2.35. The van der Waals surface area contributed by atoms with E-state index >= 15 is 0 Å². The minimum atomic E-state index is -0.0440. The van der Waals surface area contributed by atoms with Crippen molar-refractivity contribution >= 4 is 0 Å². The van der Waals surface area contributed by atoms with E-state index in [1.165, 1.54) is 12.8 Å². The van der Waals surface area contributed by atoms with Gasteiger partial charge in [0.25, 0.3) is 0 Å². The summed E-state index contributed by atoms with van der Waals surface area (Å²) in [6.45, 7) is 4.15. The number of aliphatic hydroxyl groups excluding tert-OH is 1. The first kappa shape index (κ1) is 7.07. The maximum atomic E-state index is 9.34. The van der Waals surface area contributed by atoms with Crippen molar-refractivity contribution in [2.45, 2.75) is 39.2 Å². The third-order valence-corrected chi connectivity index (χ3v) is 2.04. The largest absolute Gasteiger partial charge is 0.393 e. The first-order chi connectivity index (χ1) is 4.20. The zero-order chi connectivity index (χ0) is 6.85. The molecule has 1 rings (SSSR count). The minimum absolute atomic E-state index is 0.0440. The Bertz CT molecular complexity index is 84.6. The van der Waals surface area contributed by atoms with E-state index in [-0.39, 0.29) is 6.10 Å². The van der Waals surface area contributed by atoms with Gasteiger partial charge in [0, 0.05) is 0 Å². The summed E-state index contributed by atoms with van der Waals surface area (Å²) >= 11 is 0. The zero-order valence-electron chi connectivity index (χ0n) is 6.30. The second kappa shape index (κ2) is 2.70. The third-order valence-electron chi connectivity index (χ3n) is 2.04. The lowest BCUT2D eigenvalue weighted by molar-refractivity contribution is 0.110. The van der Waals surface area contributed by atoms with Crippen LogP contribution in [0, 0.1) is 11.8 Å². The van der Waals surface area contributed by atoms with E-state index in [1.54, 1.807) is 0 Å². The molecule has 1 saturated carbocycles. The number of aliphatic hydroxyl groups is 1. The van der Waals surface area contributed by atoms with Gasteiger partial charge in [-0.1, -0.05) is 26.7 Å². The smallest absolute Gasteiger partial charge is 0.0565 e. The molecule has 54 valence electrons. The van der Waals surface area contributed by atoms with Gasteiger partial charge in [-0.2, -0.15) is 0 Å². The summed E-state index contributed by atoms with van der Waals surface area (Å²) in [5.74, 6) is 1.31. The average molecular weight is 128 g/mol. The molecule has 1 aliphatic rings. The van der Waals surface area contributed by atoms with Crippen LogP contribution in [0.1, 0.15) is 33.1 Å². The molecule has 0 bridgehead atoms. The van der Waals surface area contributed by atoms with Gasteiger partial charge in [-0.05, 0) is 18.3 Å². The van der Waals surface area contributed by atoms with E-state index in [0.29, 0.717) is 5.92 Å². The maximum absolute atomic E-state index is 9.34. The molecule has 0 spiro atoms. The Hall–Kier alpha value is -0.0400. The van der Waals surface area contributed by atoms with Crippen molar-refractivity contribution in [3.8, 4) is 0 Å². The molecule has 1 unspecified atom stereocenters. The summed E-state index contributed by atoms with van der Waals surface area (Å²) < 4.78 is 0. The molecule has 9 heavy (non-hydrogen) atoms. The van der Waals surface area contributed by atoms with Gasteiger partial charge in [-0.3, -0.25) is 0 Å². The number of hydrogen-bond acceptors (Lipinski definition) is 1. The summed E-state index contributed by atoms with van der Waals surface area (Å²) in [6, 6.07) is 0. The Labute approximate surface area is 57.1 Å². The zero-order valence-corrected chi connectivity index (χ0v) is 6.30. The van der Waals surface area contributed by atoms with Crippen molar-refractivity contribution in [3.05, 3.63) is 0 Å². The van der Waals surface area contributed by atoms with Crippen molar-refractivity contribution in [2.75, 3.05) is 0 Å². The van der Waals surface area contributed by atoms with Crippen LogP contribution in [0.3, 0.4) is 0 Å². The highest BCUT2D eigenvalue weighted by atomic mass is 16.3. The molecule has 0 aromatic rings. The Morgan fingerprint density at radius 2 is 2.00 bits per heavy atom. The maximum Gasteiger partial charge on any atom is 0.0565 e. The fourth-order valence-electron chi connectivity index (χ4n) is 0.967. The minimum Gasteiger partial charge on any atom is -0.393 e. The van der Waals surface area contributed by atoms with Crippen molar-refractivity contribution in [2.24, 2.45) is 11.8 Å². The van der Waals surface area contributed by atoms with Crippen molar-refractivity contribution in [1.29, 1.82) is 0 Å². The fourth-order valence-corrected chi connectivity index (χ4v) is 0.967. The fraction of sp³-hybridized carbons (Fsp3) is 1.00. The summed E-state index contributed by atoms with van der Waals surface area (Å²) in [5, 5.41) is 9.34. The van der Waals surface area contributed by atoms with Crippen molar-refractivity contribution < 1.29 is 5.11 Å². The molecule has 1 fully saturated rings. The van der Waals surface area contributed by atoms with Gasteiger partial charge in [0.2, 0.25) is 0 Å². The molecule has 0 aromatic heterocycles. The predicted molar refractivity (Wildman–Crippen MR) is 38.2 cm³/mol. The van der Waals surface area contributed by atoms with Crippen LogP contribution < -0.4 is 0 Å². The van der Waals surface area contributed by atoms with Crippen LogP contribution in [0.2, 0.25) is 0 Å². The van der Waals surface area contributed by atoms with Gasteiger partial charge >= 0.3 is 0 Å². The Balaban J connectivity index is 2.09. The number of rotatable bonds is 3.